The molecule has 0 bridgehead atoms. The number of carbonyl (C=O) groups is 1. The van der Waals surface area contributed by atoms with Gasteiger partial charge in [-0.25, -0.2) is 0 Å². The predicted octanol–water partition coefficient (Wildman–Crippen LogP) is 2.02. The number of rotatable bonds is 5. The Morgan fingerprint density at radius 3 is 2.63 bits per heavy atom. The number of H-pyrrole nitrogens is 1. The van der Waals surface area contributed by atoms with Crippen molar-refractivity contribution in [3.05, 3.63) is 17.0 Å². The molecule has 1 heterocycles. The summed E-state index contributed by atoms with van der Waals surface area (Å²) in [6.07, 6.45) is 2.94. The Labute approximate surface area is 114 Å². The standard InChI is InChI=1S/C14H23N3O2/c1-9(12-10(2)16-17-11(12)3)15-13(18)14(8-19-4)6-5-7-14/h9H,5-8H2,1-4H3,(H,15,18)(H,16,17)/t9-/m0/s1. The van der Waals surface area contributed by atoms with Gasteiger partial charge in [0.1, 0.15) is 0 Å². The number of carbonyl (C=O) groups excluding carboxylic acids is 1. The number of nitrogens with one attached hydrogen (secondary N) is 2. The van der Waals surface area contributed by atoms with Crippen LogP contribution in [0.2, 0.25) is 0 Å². The van der Waals surface area contributed by atoms with Crippen LogP contribution in [0.15, 0.2) is 0 Å². The van der Waals surface area contributed by atoms with Crippen molar-refractivity contribution < 1.29 is 9.53 Å². The third-order valence-electron chi connectivity index (χ3n) is 4.18. The highest BCUT2D eigenvalue weighted by molar-refractivity contribution is 5.84. The minimum Gasteiger partial charge on any atom is -0.384 e. The molecule has 1 amide bonds. The highest BCUT2D eigenvalue weighted by Gasteiger charge is 2.44. The predicted molar refractivity (Wildman–Crippen MR) is 72.8 cm³/mol. The van der Waals surface area contributed by atoms with Gasteiger partial charge in [0, 0.05) is 18.4 Å². The molecule has 1 aliphatic rings. The van der Waals surface area contributed by atoms with Crippen LogP contribution < -0.4 is 5.32 Å². The SMILES string of the molecule is COCC1(C(=O)N[C@@H](C)c2c(C)n[nH]c2C)CCC1. The first kappa shape index (κ1) is 14.1. The molecule has 2 N–H and O–H groups in total. The lowest BCUT2D eigenvalue weighted by atomic mass is 9.68. The van der Waals surface area contributed by atoms with Crippen LogP contribution in [-0.2, 0) is 9.53 Å². The Kier molecular flexibility index (Phi) is 3.94. The lowest BCUT2D eigenvalue weighted by Crippen LogP contribution is -2.49. The van der Waals surface area contributed by atoms with Gasteiger partial charge in [0.25, 0.3) is 0 Å². The molecule has 106 valence electrons. The van der Waals surface area contributed by atoms with Gasteiger partial charge in [0.2, 0.25) is 5.91 Å². The Hall–Kier alpha value is -1.36. The summed E-state index contributed by atoms with van der Waals surface area (Å²) in [4.78, 5) is 12.4. The maximum atomic E-state index is 12.4. The summed E-state index contributed by atoms with van der Waals surface area (Å²) in [6.45, 7) is 6.44. The molecule has 1 atom stereocenters. The maximum Gasteiger partial charge on any atom is 0.229 e. The lowest BCUT2D eigenvalue weighted by molar-refractivity contribution is -0.141. The monoisotopic (exact) mass is 265 g/mol. The molecule has 1 aromatic heterocycles. The van der Waals surface area contributed by atoms with Crippen molar-refractivity contribution in [2.24, 2.45) is 5.41 Å². The van der Waals surface area contributed by atoms with E-state index in [4.69, 9.17) is 4.74 Å². The summed E-state index contributed by atoms with van der Waals surface area (Å²) < 4.78 is 5.21. The first-order valence-electron chi connectivity index (χ1n) is 6.81. The molecule has 5 nitrogen and oxygen atoms in total. The summed E-state index contributed by atoms with van der Waals surface area (Å²) in [5.41, 5.74) is 2.73. The van der Waals surface area contributed by atoms with E-state index in [2.05, 4.69) is 15.5 Å². The van der Waals surface area contributed by atoms with Gasteiger partial charge in [-0.15, -0.1) is 0 Å². The van der Waals surface area contributed by atoms with Crippen LogP contribution in [0, 0.1) is 19.3 Å². The largest absolute Gasteiger partial charge is 0.384 e. The fraction of sp³-hybridized carbons (Fsp3) is 0.714. The van der Waals surface area contributed by atoms with E-state index in [1.807, 2.05) is 20.8 Å². The number of hydrogen-bond donors (Lipinski definition) is 2. The fourth-order valence-electron chi connectivity index (χ4n) is 2.94. The van der Waals surface area contributed by atoms with Gasteiger partial charge in [-0.2, -0.15) is 5.10 Å². The smallest absolute Gasteiger partial charge is 0.229 e. The van der Waals surface area contributed by atoms with Crippen LogP contribution in [0.25, 0.3) is 0 Å². The van der Waals surface area contributed by atoms with Crippen molar-refractivity contribution in [1.82, 2.24) is 15.5 Å². The number of aromatic amines is 1. The van der Waals surface area contributed by atoms with Crippen LogP contribution >= 0.6 is 0 Å². The molecule has 19 heavy (non-hydrogen) atoms. The molecule has 0 aliphatic heterocycles. The molecule has 0 saturated heterocycles. The number of methoxy groups -OCH3 is 1. The van der Waals surface area contributed by atoms with E-state index in [0.29, 0.717) is 6.61 Å². The zero-order chi connectivity index (χ0) is 14.0. The minimum atomic E-state index is -0.311. The molecule has 0 radical (unpaired) electrons. The third-order valence-corrected chi connectivity index (χ3v) is 4.18. The highest BCUT2D eigenvalue weighted by Crippen LogP contribution is 2.41. The van der Waals surface area contributed by atoms with Gasteiger partial charge in [0.15, 0.2) is 0 Å². The molecule has 0 spiro atoms. The molecule has 0 unspecified atom stereocenters. The second kappa shape index (κ2) is 5.33. The summed E-state index contributed by atoms with van der Waals surface area (Å²) in [5, 5.41) is 10.2. The zero-order valence-electron chi connectivity index (χ0n) is 12.2. The van der Waals surface area contributed by atoms with E-state index in [0.717, 1.165) is 36.2 Å². The minimum absolute atomic E-state index is 0.0272. The Morgan fingerprint density at radius 2 is 2.21 bits per heavy atom. The number of ether oxygens (including phenoxy) is 1. The number of nitrogens with zero attached hydrogens (tertiary/aromatic N) is 1. The van der Waals surface area contributed by atoms with Crippen LogP contribution in [0.3, 0.4) is 0 Å². The molecule has 0 aromatic carbocycles. The van der Waals surface area contributed by atoms with Crippen LogP contribution in [0.1, 0.15) is 49.2 Å². The molecular weight excluding hydrogens is 242 g/mol. The average molecular weight is 265 g/mol. The molecule has 1 saturated carbocycles. The number of aryl methyl sites for hydroxylation is 2. The first-order chi connectivity index (χ1) is 9.00. The molecule has 5 heteroatoms. The highest BCUT2D eigenvalue weighted by atomic mass is 16.5. The summed E-state index contributed by atoms with van der Waals surface area (Å²) in [7, 11) is 1.65. The van der Waals surface area contributed by atoms with Crippen LogP contribution in [0.5, 0.6) is 0 Å². The van der Waals surface area contributed by atoms with E-state index in [-0.39, 0.29) is 17.4 Å². The van der Waals surface area contributed by atoms with E-state index < -0.39 is 0 Å². The van der Waals surface area contributed by atoms with Crippen LogP contribution in [0.4, 0.5) is 0 Å². The Balaban J connectivity index is 2.06. The van der Waals surface area contributed by atoms with Gasteiger partial charge in [-0.05, 0) is 33.6 Å². The van der Waals surface area contributed by atoms with Gasteiger partial charge < -0.3 is 10.1 Å². The molecule has 1 aliphatic carbocycles. The molecule has 1 aromatic rings. The van der Waals surface area contributed by atoms with Crippen molar-refractivity contribution in [3.8, 4) is 0 Å². The van der Waals surface area contributed by atoms with Gasteiger partial charge in [-0.3, -0.25) is 9.89 Å². The second-order valence-corrected chi connectivity index (χ2v) is 5.61. The molecular formula is C14H23N3O2. The number of amides is 1. The van der Waals surface area contributed by atoms with Crippen molar-refractivity contribution in [3.63, 3.8) is 0 Å². The van der Waals surface area contributed by atoms with Crippen molar-refractivity contribution >= 4 is 5.91 Å². The summed E-state index contributed by atoms with van der Waals surface area (Å²) in [6, 6.07) is -0.0272. The van der Waals surface area contributed by atoms with Crippen molar-refractivity contribution in [2.45, 2.75) is 46.1 Å². The topological polar surface area (TPSA) is 67.0 Å². The normalized spacial score (nSPS) is 18.7. The average Bonchev–Trinajstić information content (AvgIpc) is 2.63. The summed E-state index contributed by atoms with van der Waals surface area (Å²) in [5.74, 6) is 0.105. The van der Waals surface area contributed by atoms with Gasteiger partial charge in [-0.1, -0.05) is 6.42 Å². The number of aromatic nitrogens is 2. The van der Waals surface area contributed by atoms with E-state index in [1.54, 1.807) is 7.11 Å². The van der Waals surface area contributed by atoms with Crippen LogP contribution in [-0.4, -0.2) is 29.8 Å². The van der Waals surface area contributed by atoms with Crippen molar-refractivity contribution in [1.29, 1.82) is 0 Å². The van der Waals surface area contributed by atoms with E-state index in [9.17, 15) is 4.79 Å². The van der Waals surface area contributed by atoms with Crippen molar-refractivity contribution in [2.75, 3.05) is 13.7 Å². The van der Waals surface area contributed by atoms with E-state index >= 15 is 0 Å². The van der Waals surface area contributed by atoms with Gasteiger partial charge >= 0.3 is 0 Å². The lowest BCUT2D eigenvalue weighted by Gasteiger charge is -2.40. The third kappa shape index (κ3) is 2.52. The first-order valence-corrected chi connectivity index (χ1v) is 6.81. The molecule has 1 fully saturated rings. The number of hydrogen-bond acceptors (Lipinski definition) is 3. The Bertz CT molecular complexity index is 444. The second-order valence-electron chi connectivity index (χ2n) is 5.61. The van der Waals surface area contributed by atoms with E-state index in [1.165, 1.54) is 0 Å². The summed E-state index contributed by atoms with van der Waals surface area (Å²) >= 11 is 0. The Morgan fingerprint density at radius 1 is 1.53 bits per heavy atom. The zero-order valence-corrected chi connectivity index (χ0v) is 12.2. The maximum absolute atomic E-state index is 12.4. The molecule has 2 rings (SSSR count). The quantitative estimate of drug-likeness (QED) is 0.856. The fourth-order valence-corrected chi connectivity index (χ4v) is 2.94. The van der Waals surface area contributed by atoms with Gasteiger partial charge in [0.05, 0.1) is 23.8 Å².